The third kappa shape index (κ3) is 2.32. The summed E-state index contributed by atoms with van der Waals surface area (Å²) < 4.78 is 13.5. The van der Waals surface area contributed by atoms with Crippen LogP contribution in [0, 0.1) is 5.82 Å². The maximum Gasteiger partial charge on any atom is 0.326 e. The maximum absolute atomic E-state index is 13.5. The van der Waals surface area contributed by atoms with Gasteiger partial charge in [-0.3, -0.25) is 4.79 Å². The molecule has 6 heteroatoms. The predicted octanol–water partition coefficient (Wildman–Crippen LogP) is 2.03. The zero-order chi connectivity index (χ0) is 12.4. The predicted molar refractivity (Wildman–Crippen MR) is 62.1 cm³/mol. The van der Waals surface area contributed by atoms with Crippen molar-refractivity contribution >= 4 is 17.3 Å². The largest absolute Gasteiger partial charge is 0.480 e. The Kier molecular flexibility index (Phi) is 3.16. The van der Waals surface area contributed by atoms with Gasteiger partial charge in [0.15, 0.2) is 0 Å². The molecule has 0 radical (unpaired) electrons. The number of nitrogens with two attached hydrogens (primary N) is 1. The first-order valence-corrected chi connectivity index (χ1v) is 5.66. The molecule has 1 aromatic carbocycles. The van der Waals surface area contributed by atoms with Crippen molar-refractivity contribution in [3.05, 3.63) is 41.2 Å². The molecule has 1 unspecified atom stereocenters. The van der Waals surface area contributed by atoms with E-state index in [0.717, 1.165) is 0 Å². The van der Waals surface area contributed by atoms with E-state index in [0.29, 0.717) is 10.6 Å². The number of rotatable bonds is 3. The minimum Gasteiger partial charge on any atom is -0.480 e. The highest BCUT2D eigenvalue weighted by molar-refractivity contribution is 7.13. The number of nitrogens with zero attached hydrogens (tertiary/aromatic N) is 1. The average molecular weight is 252 g/mol. The van der Waals surface area contributed by atoms with Gasteiger partial charge in [-0.2, -0.15) is 0 Å². The molecule has 88 valence electrons. The molecule has 0 spiro atoms. The maximum atomic E-state index is 13.5. The van der Waals surface area contributed by atoms with Gasteiger partial charge in [0, 0.05) is 10.9 Å². The zero-order valence-corrected chi connectivity index (χ0v) is 9.45. The molecule has 0 saturated heterocycles. The first-order valence-electron chi connectivity index (χ1n) is 4.78. The molecule has 1 atom stereocenters. The van der Waals surface area contributed by atoms with Crippen LogP contribution in [0.15, 0.2) is 29.6 Å². The Morgan fingerprint density at radius 3 is 2.82 bits per heavy atom. The standard InChI is InChI=1S/C11H9FN2O2S/c12-7-4-2-1-3-6(7)10-14-8(5-17-10)9(13)11(15)16/h1-5,9H,13H2,(H,15,16). The van der Waals surface area contributed by atoms with Gasteiger partial charge in [0.1, 0.15) is 16.9 Å². The van der Waals surface area contributed by atoms with Crippen molar-refractivity contribution < 1.29 is 14.3 Å². The van der Waals surface area contributed by atoms with E-state index in [1.165, 1.54) is 22.8 Å². The van der Waals surface area contributed by atoms with Crippen molar-refractivity contribution in [3.63, 3.8) is 0 Å². The molecule has 1 heterocycles. The highest BCUT2D eigenvalue weighted by Gasteiger charge is 2.18. The van der Waals surface area contributed by atoms with Crippen LogP contribution in [-0.4, -0.2) is 16.1 Å². The molecule has 1 aromatic heterocycles. The van der Waals surface area contributed by atoms with Crippen molar-refractivity contribution in [2.24, 2.45) is 5.73 Å². The number of benzene rings is 1. The molecular formula is C11H9FN2O2S. The van der Waals surface area contributed by atoms with E-state index in [2.05, 4.69) is 4.98 Å². The lowest BCUT2D eigenvalue weighted by Gasteiger charge is -2.01. The molecule has 4 nitrogen and oxygen atoms in total. The van der Waals surface area contributed by atoms with Gasteiger partial charge in [0.25, 0.3) is 0 Å². The van der Waals surface area contributed by atoms with Crippen LogP contribution in [0.5, 0.6) is 0 Å². The van der Waals surface area contributed by atoms with Gasteiger partial charge >= 0.3 is 5.97 Å². The van der Waals surface area contributed by atoms with E-state index in [1.54, 1.807) is 18.2 Å². The number of aromatic nitrogens is 1. The Balaban J connectivity index is 2.37. The number of hydrogen-bond acceptors (Lipinski definition) is 4. The van der Waals surface area contributed by atoms with Crippen LogP contribution in [0.2, 0.25) is 0 Å². The van der Waals surface area contributed by atoms with Crippen LogP contribution in [-0.2, 0) is 4.79 Å². The van der Waals surface area contributed by atoms with Crippen molar-refractivity contribution in [1.29, 1.82) is 0 Å². The summed E-state index contributed by atoms with van der Waals surface area (Å²) in [6, 6.07) is 5.01. The van der Waals surface area contributed by atoms with Crippen LogP contribution < -0.4 is 5.73 Å². The van der Waals surface area contributed by atoms with Crippen LogP contribution in [0.3, 0.4) is 0 Å². The summed E-state index contributed by atoms with van der Waals surface area (Å²) in [5, 5.41) is 10.7. The molecule has 0 aliphatic heterocycles. The molecule has 0 aliphatic rings. The number of thiazole rings is 1. The fourth-order valence-corrected chi connectivity index (χ4v) is 2.20. The van der Waals surface area contributed by atoms with Gasteiger partial charge in [-0.15, -0.1) is 11.3 Å². The SMILES string of the molecule is NC(C(=O)O)c1csc(-c2ccccc2F)n1. The minimum absolute atomic E-state index is 0.237. The molecule has 17 heavy (non-hydrogen) atoms. The van der Waals surface area contributed by atoms with Crippen LogP contribution in [0.25, 0.3) is 10.6 Å². The molecule has 2 rings (SSSR count). The number of carbonyl (C=O) groups is 1. The number of aliphatic carboxylic acids is 1. The van der Waals surface area contributed by atoms with Gasteiger partial charge in [-0.25, -0.2) is 9.37 Å². The normalized spacial score (nSPS) is 12.4. The Bertz CT molecular complexity index is 556. The Labute approximate surface area is 101 Å². The highest BCUT2D eigenvalue weighted by atomic mass is 32.1. The lowest BCUT2D eigenvalue weighted by atomic mass is 10.2. The van der Waals surface area contributed by atoms with Gasteiger partial charge < -0.3 is 10.8 Å². The summed E-state index contributed by atoms with van der Waals surface area (Å²) >= 11 is 1.17. The topological polar surface area (TPSA) is 76.2 Å². The number of hydrogen-bond donors (Lipinski definition) is 2. The Hall–Kier alpha value is -1.79. The summed E-state index contributed by atoms with van der Waals surface area (Å²) in [7, 11) is 0. The van der Waals surface area contributed by atoms with E-state index in [9.17, 15) is 9.18 Å². The van der Waals surface area contributed by atoms with Crippen molar-refractivity contribution in [2.45, 2.75) is 6.04 Å². The lowest BCUT2D eigenvalue weighted by Crippen LogP contribution is -2.20. The quantitative estimate of drug-likeness (QED) is 0.876. The number of carboxylic acid groups (broad SMARTS) is 1. The van der Waals surface area contributed by atoms with Gasteiger partial charge in [-0.05, 0) is 12.1 Å². The van der Waals surface area contributed by atoms with Gasteiger partial charge in [0.05, 0.1) is 5.69 Å². The summed E-state index contributed by atoms with van der Waals surface area (Å²) in [5.74, 6) is -1.55. The van der Waals surface area contributed by atoms with Crippen molar-refractivity contribution in [2.75, 3.05) is 0 Å². The molecule has 3 N–H and O–H groups in total. The smallest absolute Gasteiger partial charge is 0.326 e. The second-order valence-electron chi connectivity index (χ2n) is 3.37. The fraction of sp³-hybridized carbons (Fsp3) is 0.0909. The first-order chi connectivity index (χ1) is 8.09. The molecule has 0 fully saturated rings. The summed E-state index contributed by atoms with van der Waals surface area (Å²) in [4.78, 5) is 14.7. The molecule has 0 aliphatic carbocycles. The van der Waals surface area contributed by atoms with Crippen molar-refractivity contribution in [3.8, 4) is 10.6 Å². The summed E-state index contributed by atoms with van der Waals surface area (Å²) in [5.41, 5.74) is 6.00. The van der Waals surface area contributed by atoms with Crippen molar-refractivity contribution in [1.82, 2.24) is 4.98 Å². The lowest BCUT2D eigenvalue weighted by molar-refractivity contribution is -0.138. The number of carboxylic acids is 1. The molecular weight excluding hydrogens is 243 g/mol. The Morgan fingerprint density at radius 2 is 2.18 bits per heavy atom. The van der Waals surface area contributed by atoms with E-state index in [-0.39, 0.29) is 5.69 Å². The van der Waals surface area contributed by atoms with Crippen LogP contribution in [0.4, 0.5) is 4.39 Å². The first kappa shape index (κ1) is 11.7. The molecule has 0 saturated carbocycles. The molecule has 0 amide bonds. The second-order valence-corrected chi connectivity index (χ2v) is 4.23. The molecule has 0 bridgehead atoms. The van der Waals surface area contributed by atoms with E-state index >= 15 is 0 Å². The average Bonchev–Trinajstić information content (AvgIpc) is 2.77. The van der Waals surface area contributed by atoms with Gasteiger partial charge in [0.2, 0.25) is 0 Å². The van der Waals surface area contributed by atoms with Crippen LogP contribution in [0.1, 0.15) is 11.7 Å². The summed E-state index contributed by atoms with van der Waals surface area (Å²) in [6.07, 6.45) is 0. The summed E-state index contributed by atoms with van der Waals surface area (Å²) in [6.45, 7) is 0. The second kappa shape index (κ2) is 4.60. The Morgan fingerprint density at radius 1 is 1.47 bits per heavy atom. The van der Waals surface area contributed by atoms with Gasteiger partial charge in [-0.1, -0.05) is 12.1 Å². The highest BCUT2D eigenvalue weighted by Crippen LogP contribution is 2.27. The van der Waals surface area contributed by atoms with Crippen LogP contribution >= 0.6 is 11.3 Å². The fourth-order valence-electron chi connectivity index (χ4n) is 1.31. The third-order valence-corrected chi connectivity index (χ3v) is 3.10. The van der Waals surface area contributed by atoms with E-state index in [4.69, 9.17) is 10.8 Å². The number of halogens is 1. The minimum atomic E-state index is -1.17. The monoisotopic (exact) mass is 252 g/mol. The zero-order valence-electron chi connectivity index (χ0n) is 8.63. The third-order valence-electron chi connectivity index (χ3n) is 2.21. The van der Waals surface area contributed by atoms with E-state index < -0.39 is 17.8 Å². The van der Waals surface area contributed by atoms with E-state index in [1.807, 2.05) is 0 Å². The molecule has 2 aromatic rings.